The lowest BCUT2D eigenvalue weighted by Crippen LogP contribution is -2.50. The molecule has 3 heterocycles. The normalized spacial score (nSPS) is 20.1. The van der Waals surface area contributed by atoms with Crippen LogP contribution in [0, 0.1) is 0 Å². The van der Waals surface area contributed by atoms with E-state index < -0.39 is 6.09 Å². The molecule has 3 aromatic rings. The van der Waals surface area contributed by atoms with Crippen LogP contribution >= 0.6 is 0 Å². The van der Waals surface area contributed by atoms with Gasteiger partial charge in [-0.1, -0.05) is 54.6 Å². The highest BCUT2D eigenvalue weighted by Crippen LogP contribution is 2.34. The second kappa shape index (κ2) is 11.1. The Balaban J connectivity index is 1.23. The predicted octanol–water partition coefficient (Wildman–Crippen LogP) is 4.72. The smallest absolute Gasteiger partial charge is 0.407 e. The van der Waals surface area contributed by atoms with Gasteiger partial charge in [-0.25, -0.2) is 4.79 Å². The molecule has 0 bridgehead atoms. The molecule has 2 atom stereocenters. The molecule has 0 saturated heterocycles. The van der Waals surface area contributed by atoms with E-state index in [1.165, 1.54) is 16.0 Å². The molecular weight excluding hydrogens is 504 g/mol. The van der Waals surface area contributed by atoms with Crippen LogP contribution in [-0.4, -0.2) is 68.4 Å². The Morgan fingerprint density at radius 2 is 1.65 bits per heavy atom. The van der Waals surface area contributed by atoms with Gasteiger partial charge in [0.1, 0.15) is 0 Å². The summed E-state index contributed by atoms with van der Waals surface area (Å²) in [7, 11) is 0. The van der Waals surface area contributed by atoms with Crippen LogP contribution in [-0.2, 0) is 19.4 Å². The van der Waals surface area contributed by atoms with Crippen molar-refractivity contribution in [2.45, 2.75) is 44.3 Å². The summed E-state index contributed by atoms with van der Waals surface area (Å²) in [5, 5.41) is 10.1. The maximum Gasteiger partial charge on any atom is 0.407 e. The van der Waals surface area contributed by atoms with Gasteiger partial charge in [-0.15, -0.1) is 0 Å². The van der Waals surface area contributed by atoms with Crippen LogP contribution in [0.2, 0.25) is 0 Å². The van der Waals surface area contributed by atoms with Gasteiger partial charge in [0, 0.05) is 32.4 Å². The molecule has 8 heteroatoms. The molecule has 3 amide bonds. The Kier molecular flexibility index (Phi) is 7.17. The Bertz CT molecular complexity index is 1450. The van der Waals surface area contributed by atoms with Crippen molar-refractivity contribution in [3.8, 4) is 0 Å². The lowest BCUT2D eigenvalue weighted by atomic mass is 9.89. The second-order valence-electron chi connectivity index (χ2n) is 10.7. The van der Waals surface area contributed by atoms with E-state index in [-0.39, 0.29) is 30.4 Å². The minimum Gasteiger partial charge on any atom is -0.465 e. The standard InChI is InChI=1S/C32H32N4O4/c37-30-26-13-3-4-14-27(26)31(38)35(30)18-6-5-17-34(28-15-7-11-22-12-8-16-33-29(22)28)21-25-19-23-9-1-2-10-24(23)20-36(25)32(39)40/h1-6,8-10,12-14,16,25,28H,7,11,15,17-21H2,(H,39,40)/b6-5+/t25-,28+/m1/s1. The van der Waals surface area contributed by atoms with Gasteiger partial charge in [0.05, 0.1) is 28.9 Å². The molecule has 0 spiro atoms. The summed E-state index contributed by atoms with van der Waals surface area (Å²) < 4.78 is 0. The Morgan fingerprint density at radius 1 is 0.950 bits per heavy atom. The molecule has 0 radical (unpaired) electrons. The van der Waals surface area contributed by atoms with Gasteiger partial charge in [0.2, 0.25) is 0 Å². The monoisotopic (exact) mass is 536 g/mol. The maximum absolute atomic E-state index is 12.8. The van der Waals surface area contributed by atoms with Crippen molar-refractivity contribution in [3.63, 3.8) is 0 Å². The van der Waals surface area contributed by atoms with E-state index in [0.29, 0.717) is 37.2 Å². The van der Waals surface area contributed by atoms with Gasteiger partial charge in [0.15, 0.2) is 0 Å². The third-order valence-electron chi connectivity index (χ3n) is 8.33. The van der Waals surface area contributed by atoms with Gasteiger partial charge in [-0.3, -0.25) is 29.3 Å². The van der Waals surface area contributed by atoms with Gasteiger partial charge in [-0.05, 0) is 60.6 Å². The summed E-state index contributed by atoms with van der Waals surface area (Å²) in [5.41, 5.74) is 5.42. The number of carbonyl (C=O) groups excluding carboxylic acids is 2. The number of rotatable bonds is 7. The average Bonchev–Trinajstić information content (AvgIpc) is 3.22. The molecule has 40 heavy (non-hydrogen) atoms. The van der Waals surface area contributed by atoms with E-state index in [2.05, 4.69) is 17.0 Å². The van der Waals surface area contributed by atoms with Gasteiger partial charge in [-0.2, -0.15) is 0 Å². The maximum atomic E-state index is 12.8. The van der Waals surface area contributed by atoms with Crippen LogP contribution in [0.5, 0.6) is 0 Å². The Hall–Kier alpha value is -4.30. The second-order valence-corrected chi connectivity index (χ2v) is 10.7. The van der Waals surface area contributed by atoms with Crippen LogP contribution in [0.3, 0.4) is 0 Å². The van der Waals surface area contributed by atoms with Crippen molar-refractivity contribution in [2.75, 3.05) is 19.6 Å². The fourth-order valence-corrected chi connectivity index (χ4v) is 6.31. The summed E-state index contributed by atoms with van der Waals surface area (Å²) in [6.45, 7) is 1.67. The number of hydrogen-bond acceptors (Lipinski definition) is 5. The first-order valence-electron chi connectivity index (χ1n) is 13.9. The van der Waals surface area contributed by atoms with Gasteiger partial charge < -0.3 is 5.11 Å². The van der Waals surface area contributed by atoms with Crippen molar-refractivity contribution in [2.24, 2.45) is 0 Å². The third-order valence-corrected chi connectivity index (χ3v) is 8.33. The van der Waals surface area contributed by atoms with Crippen LogP contribution in [0.4, 0.5) is 4.79 Å². The zero-order valence-corrected chi connectivity index (χ0v) is 22.3. The summed E-state index contributed by atoms with van der Waals surface area (Å²) in [6.07, 6.45) is 8.38. The molecular formula is C32H32N4O4. The largest absolute Gasteiger partial charge is 0.465 e. The van der Waals surface area contributed by atoms with Gasteiger partial charge in [0.25, 0.3) is 11.8 Å². The van der Waals surface area contributed by atoms with Crippen molar-refractivity contribution < 1.29 is 19.5 Å². The number of carbonyl (C=O) groups is 3. The van der Waals surface area contributed by atoms with E-state index in [1.807, 2.05) is 42.6 Å². The molecule has 2 aliphatic heterocycles. The first-order valence-corrected chi connectivity index (χ1v) is 13.9. The summed E-state index contributed by atoms with van der Waals surface area (Å²) >= 11 is 0. The topological polar surface area (TPSA) is 94.1 Å². The fourth-order valence-electron chi connectivity index (χ4n) is 6.31. The number of carboxylic acid groups (broad SMARTS) is 1. The highest BCUT2D eigenvalue weighted by Gasteiger charge is 2.36. The van der Waals surface area contributed by atoms with Crippen molar-refractivity contribution in [3.05, 3.63) is 113 Å². The fraction of sp³-hybridized carbons (Fsp3) is 0.312. The van der Waals surface area contributed by atoms with E-state index in [0.717, 1.165) is 30.5 Å². The lowest BCUT2D eigenvalue weighted by Gasteiger charge is -2.41. The summed E-state index contributed by atoms with van der Waals surface area (Å²) in [6, 6.07) is 18.9. The Labute approximate surface area is 233 Å². The van der Waals surface area contributed by atoms with Crippen molar-refractivity contribution >= 4 is 17.9 Å². The van der Waals surface area contributed by atoms with E-state index >= 15 is 0 Å². The number of aromatic nitrogens is 1. The molecule has 3 aliphatic rings. The minimum absolute atomic E-state index is 0.0571. The zero-order chi connectivity index (χ0) is 27.6. The van der Waals surface area contributed by atoms with Crippen LogP contribution in [0.25, 0.3) is 0 Å². The molecule has 2 aromatic carbocycles. The number of benzene rings is 2. The highest BCUT2D eigenvalue weighted by molar-refractivity contribution is 6.21. The molecule has 8 nitrogen and oxygen atoms in total. The molecule has 0 fully saturated rings. The minimum atomic E-state index is -0.914. The summed E-state index contributed by atoms with van der Waals surface area (Å²) in [5.74, 6) is -0.545. The van der Waals surface area contributed by atoms with Crippen LogP contribution < -0.4 is 0 Å². The predicted molar refractivity (Wildman–Crippen MR) is 150 cm³/mol. The lowest BCUT2D eigenvalue weighted by molar-refractivity contribution is 0.0671. The van der Waals surface area contributed by atoms with Crippen LogP contribution in [0.15, 0.2) is 79.0 Å². The van der Waals surface area contributed by atoms with Gasteiger partial charge >= 0.3 is 6.09 Å². The number of fused-ring (bicyclic) bond motifs is 3. The van der Waals surface area contributed by atoms with Crippen molar-refractivity contribution in [1.29, 1.82) is 0 Å². The molecule has 1 aromatic heterocycles. The van der Waals surface area contributed by atoms with E-state index in [9.17, 15) is 19.5 Å². The van der Waals surface area contributed by atoms with E-state index in [1.54, 1.807) is 29.2 Å². The summed E-state index contributed by atoms with van der Waals surface area (Å²) in [4.78, 5) is 47.7. The number of aryl methyl sites for hydroxylation is 1. The Morgan fingerprint density at radius 3 is 2.40 bits per heavy atom. The quantitative estimate of drug-likeness (QED) is 0.347. The molecule has 0 saturated carbocycles. The molecule has 6 rings (SSSR count). The SMILES string of the molecule is O=C1c2ccccc2C(=O)N1C/C=C/CN(C[C@H]1Cc2ccccc2CN1C(=O)O)[C@H]1CCCc2cccnc21. The first-order chi connectivity index (χ1) is 19.5. The first kappa shape index (κ1) is 26.0. The average molecular weight is 537 g/mol. The zero-order valence-electron chi connectivity index (χ0n) is 22.3. The number of hydrogen-bond donors (Lipinski definition) is 1. The molecule has 204 valence electrons. The number of imide groups is 1. The molecule has 1 N–H and O–H groups in total. The number of nitrogens with zero attached hydrogens (tertiary/aromatic N) is 4. The highest BCUT2D eigenvalue weighted by atomic mass is 16.4. The van der Waals surface area contributed by atoms with Crippen LogP contribution in [0.1, 0.15) is 62.0 Å². The van der Waals surface area contributed by atoms with E-state index in [4.69, 9.17) is 4.98 Å². The number of pyridine rings is 1. The molecule has 1 aliphatic carbocycles. The van der Waals surface area contributed by atoms with Crippen molar-refractivity contribution in [1.82, 2.24) is 19.7 Å². The third kappa shape index (κ3) is 4.91. The number of amides is 3. The molecule has 0 unspecified atom stereocenters.